The lowest BCUT2D eigenvalue weighted by Crippen LogP contribution is -2.14. The van der Waals surface area contributed by atoms with Crippen LogP contribution in [-0.2, 0) is 0 Å². The fourth-order valence-electron chi connectivity index (χ4n) is 1.39. The molecule has 1 saturated carbocycles. The number of hydrogen-bond donors (Lipinski definition) is 0. The highest BCUT2D eigenvalue weighted by Crippen LogP contribution is 2.44. The van der Waals surface area contributed by atoms with E-state index in [1.807, 2.05) is 19.0 Å². The Balaban J connectivity index is 2.47. The highest BCUT2D eigenvalue weighted by molar-refractivity contribution is 6.32. The first-order valence-corrected chi connectivity index (χ1v) is 5.30. The van der Waals surface area contributed by atoms with Gasteiger partial charge in [-0.15, -0.1) is 0 Å². The first-order valence-electron chi connectivity index (χ1n) is 4.92. The fourth-order valence-corrected chi connectivity index (χ4v) is 1.71. The first kappa shape index (κ1) is 10.5. The van der Waals surface area contributed by atoms with Crippen LogP contribution in [0.2, 0.25) is 5.02 Å². The molecule has 1 fully saturated rings. The predicted octanol–water partition coefficient (Wildman–Crippen LogP) is 2.08. The van der Waals surface area contributed by atoms with Crippen molar-refractivity contribution in [2.24, 2.45) is 0 Å². The zero-order valence-corrected chi connectivity index (χ0v) is 9.88. The van der Waals surface area contributed by atoms with E-state index in [1.165, 1.54) is 0 Å². The Bertz CT molecular complexity index is 377. The van der Waals surface area contributed by atoms with E-state index in [-0.39, 0.29) is 0 Å². The number of hydrogen-bond acceptors (Lipinski definition) is 4. The van der Waals surface area contributed by atoms with Crippen LogP contribution >= 0.6 is 11.6 Å². The summed E-state index contributed by atoms with van der Waals surface area (Å²) >= 11 is 6.15. The standard InChI is InChI=1S/C10H14ClN3O/c1-14(2)10-12-8(6-4-5-6)7(11)9(13-10)15-3/h6H,4-5H2,1-3H3. The van der Waals surface area contributed by atoms with E-state index in [4.69, 9.17) is 16.3 Å². The molecule has 0 amide bonds. The van der Waals surface area contributed by atoms with Crippen molar-refractivity contribution in [3.63, 3.8) is 0 Å². The van der Waals surface area contributed by atoms with Crippen molar-refractivity contribution in [2.45, 2.75) is 18.8 Å². The molecule has 82 valence electrons. The monoisotopic (exact) mass is 227 g/mol. The minimum absolute atomic E-state index is 0.470. The molecule has 0 aromatic carbocycles. The lowest BCUT2D eigenvalue weighted by Gasteiger charge is -2.14. The second-order valence-electron chi connectivity index (χ2n) is 3.90. The van der Waals surface area contributed by atoms with E-state index in [9.17, 15) is 0 Å². The van der Waals surface area contributed by atoms with Crippen LogP contribution in [0, 0.1) is 0 Å². The molecule has 1 heterocycles. The molecule has 0 unspecified atom stereocenters. The van der Waals surface area contributed by atoms with Crippen molar-refractivity contribution in [3.8, 4) is 5.88 Å². The minimum Gasteiger partial charge on any atom is -0.480 e. The van der Waals surface area contributed by atoms with E-state index in [0.29, 0.717) is 22.8 Å². The summed E-state index contributed by atoms with van der Waals surface area (Å²) in [5.41, 5.74) is 0.923. The molecule has 15 heavy (non-hydrogen) atoms. The molecule has 1 aliphatic rings. The van der Waals surface area contributed by atoms with Crippen molar-refractivity contribution in [1.29, 1.82) is 0 Å². The molecular weight excluding hydrogens is 214 g/mol. The van der Waals surface area contributed by atoms with Crippen LogP contribution in [0.4, 0.5) is 5.95 Å². The summed E-state index contributed by atoms with van der Waals surface area (Å²) in [6.45, 7) is 0. The molecular formula is C10H14ClN3O. The molecule has 2 rings (SSSR count). The summed E-state index contributed by atoms with van der Waals surface area (Å²) in [5.74, 6) is 1.61. The highest BCUT2D eigenvalue weighted by Gasteiger charge is 2.30. The van der Waals surface area contributed by atoms with Crippen LogP contribution in [0.25, 0.3) is 0 Å². The number of anilines is 1. The largest absolute Gasteiger partial charge is 0.480 e. The third-order valence-corrected chi connectivity index (χ3v) is 2.75. The Hall–Kier alpha value is -1.03. The second kappa shape index (κ2) is 3.85. The quantitative estimate of drug-likeness (QED) is 0.793. The molecule has 0 radical (unpaired) electrons. The number of methoxy groups -OCH3 is 1. The zero-order chi connectivity index (χ0) is 11.0. The van der Waals surface area contributed by atoms with Gasteiger partial charge in [-0.25, -0.2) is 4.98 Å². The maximum absolute atomic E-state index is 6.15. The van der Waals surface area contributed by atoms with Crippen molar-refractivity contribution in [2.75, 3.05) is 26.1 Å². The van der Waals surface area contributed by atoms with Crippen molar-refractivity contribution < 1.29 is 4.74 Å². The summed E-state index contributed by atoms with van der Waals surface area (Å²) in [7, 11) is 5.38. The average molecular weight is 228 g/mol. The third kappa shape index (κ3) is 2.00. The van der Waals surface area contributed by atoms with Crippen LogP contribution in [0.15, 0.2) is 0 Å². The van der Waals surface area contributed by atoms with Crippen LogP contribution in [0.1, 0.15) is 24.5 Å². The maximum atomic E-state index is 6.15. The van der Waals surface area contributed by atoms with E-state index in [2.05, 4.69) is 9.97 Å². The van der Waals surface area contributed by atoms with Crippen molar-refractivity contribution in [3.05, 3.63) is 10.7 Å². The van der Waals surface area contributed by atoms with Gasteiger partial charge in [-0.1, -0.05) is 11.6 Å². The second-order valence-corrected chi connectivity index (χ2v) is 4.28. The van der Waals surface area contributed by atoms with Gasteiger partial charge < -0.3 is 9.64 Å². The number of ether oxygens (including phenoxy) is 1. The summed E-state index contributed by atoms with van der Waals surface area (Å²) < 4.78 is 5.14. The van der Waals surface area contributed by atoms with Gasteiger partial charge in [0.25, 0.3) is 0 Å². The molecule has 0 aliphatic heterocycles. The van der Waals surface area contributed by atoms with Gasteiger partial charge >= 0.3 is 0 Å². The highest BCUT2D eigenvalue weighted by atomic mass is 35.5. The molecule has 4 nitrogen and oxygen atoms in total. The minimum atomic E-state index is 0.470. The molecule has 0 saturated heterocycles. The Morgan fingerprint density at radius 1 is 1.33 bits per heavy atom. The van der Waals surface area contributed by atoms with E-state index in [0.717, 1.165) is 18.5 Å². The van der Waals surface area contributed by atoms with Crippen LogP contribution in [0.5, 0.6) is 5.88 Å². The summed E-state index contributed by atoms with van der Waals surface area (Å²) in [6, 6.07) is 0. The van der Waals surface area contributed by atoms with Crippen molar-refractivity contribution in [1.82, 2.24) is 9.97 Å². The van der Waals surface area contributed by atoms with Gasteiger partial charge in [-0.2, -0.15) is 4.98 Å². The lowest BCUT2D eigenvalue weighted by atomic mass is 10.3. The maximum Gasteiger partial charge on any atom is 0.237 e. The van der Waals surface area contributed by atoms with Crippen LogP contribution < -0.4 is 9.64 Å². The number of rotatable bonds is 3. The molecule has 0 N–H and O–H groups in total. The number of nitrogens with zero attached hydrogens (tertiary/aromatic N) is 3. The van der Waals surface area contributed by atoms with Gasteiger partial charge in [0.2, 0.25) is 11.8 Å². The molecule has 0 bridgehead atoms. The van der Waals surface area contributed by atoms with Crippen molar-refractivity contribution >= 4 is 17.5 Å². The van der Waals surface area contributed by atoms with E-state index in [1.54, 1.807) is 7.11 Å². The first-order chi connectivity index (χ1) is 7.13. The van der Waals surface area contributed by atoms with Gasteiger partial charge in [-0.05, 0) is 12.8 Å². The number of halogens is 1. The smallest absolute Gasteiger partial charge is 0.237 e. The number of aromatic nitrogens is 2. The Labute approximate surface area is 94.2 Å². The van der Waals surface area contributed by atoms with Crippen LogP contribution in [-0.4, -0.2) is 31.2 Å². The van der Waals surface area contributed by atoms with E-state index >= 15 is 0 Å². The average Bonchev–Trinajstić information content (AvgIpc) is 3.01. The molecule has 0 spiro atoms. The Morgan fingerprint density at radius 3 is 2.47 bits per heavy atom. The molecule has 5 heteroatoms. The van der Waals surface area contributed by atoms with Crippen LogP contribution in [0.3, 0.4) is 0 Å². The summed E-state index contributed by atoms with van der Waals surface area (Å²) in [4.78, 5) is 10.5. The van der Waals surface area contributed by atoms with E-state index < -0.39 is 0 Å². The lowest BCUT2D eigenvalue weighted by molar-refractivity contribution is 0.396. The van der Waals surface area contributed by atoms with Gasteiger partial charge in [0.05, 0.1) is 12.8 Å². The van der Waals surface area contributed by atoms with Gasteiger partial charge in [0.15, 0.2) is 0 Å². The van der Waals surface area contributed by atoms with Gasteiger partial charge in [0, 0.05) is 20.0 Å². The topological polar surface area (TPSA) is 38.2 Å². The molecule has 0 atom stereocenters. The van der Waals surface area contributed by atoms with Gasteiger partial charge in [-0.3, -0.25) is 0 Å². The molecule has 1 aromatic rings. The normalized spacial score (nSPS) is 15.2. The summed E-state index contributed by atoms with van der Waals surface area (Å²) in [6.07, 6.45) is 2.32. The summed E-state index contributed by atoms with van der Waals surface area (Å²) in [5, 5.41) is 0.561. The SMILES string of the molecule is COc1nc(N(C)C)nc(C2CC2)c1Cl. The zero-order valence-electron chi connectivity index (χ0n) is 9.12. The Kier molecular flexibility index (Phi) is 2.69. The molecule has 1 aromatic heterocycles. The predicted molar refractivity (Wildman–Crippen MR) is 59.9 cm³/mol. The Morgan fingerprint density at radius 2 is 2.00 bits per heavy atom. The fraction of sp³-hybridized carbons (Fsp3) is 0.600. The van der Waals surface area contributed by atoms with Gasteiger partial charge in [0.1, 0.15) is 5.02 Å². The molecule has 1 aliphatic carbocycles. The third-order valence-electron chi connectivity index (χ3n) is 2.39.